The Labute approximate surface area is 153 Å². The van der Waals surface area contributed by atoms with Gasteiger partial charge in [0.15, 0.2) is 0 Å². The van der Waals surface area contributed by atoms with E-state index in [9.17, 15) is 14.0 Å². The van der Waals surface area contributed by atoms with Gasteiger partial charge in [-0.3, -0.25) is 15.0 Å². The molecule has 142 valence electrons. The number of rotatable bonds is 1. The fourth-order valence-corrected chi connectivity index (χ4v) is 2.91. The highest BCUT2D eigenvalue weighted by molar-refractivity contribution is 6.06. The van der Waals surface area contributed by atoms with Crippen molar-refractivity contribution in [2.24, 2.45) is 10.4 Å². The van der Waals surface area contributed by atoms with E-state index in [1.165, 1.54) is 18.0 Å². The zero-order valence-electron chi connectivity index (χ0n) is 16.3. The average Bonchev–Trinajstić information content (AvgIpc) is 2.49. The maximum absolute atomic E-state index is 14.5. The predicted molar refractivity (Wildman–Crippen MR) is 97.1 cm³/mol. The standard InChI is InChI=1S/C19H26FN3O3/c1-17(2,3)26-16(25)21-15-22-19(6,12-10-8-9-11-13(12)20)18(4,5)14(24)23(15)7/h8-11H,1-7H3,(H,21,22,25)/t19-/m1/s1. The van der Waals surface area contributed by atoms with Crippen LogP contribution in [-0.4, -0.2) is 35.5 Å². The van der Waals surface area contributed by atoms with E-state index >= 15 is 0 Å². The van der Waals surface area contributed by atoms with Gasteiger partial charge in [-0.2, -0.15) is 0 Å². The summed E-state index contributed by atoms with van der Waals surface area (Å²) in [6.45, 7) is 10.3. The molecule has 2 amide bonds. The minimum absolute atomic E-state index is 0.0225. The topological polar surface area (TPSA) is 71.0 Å². The summed E-state index contributed by atoms with van der Waals surface area (Å²) in [5, 5.41) is 2.51. The number of aliphatic imine (C=N–C) groups is 1. The van der Waals surface area contributed by atoms with Crippen LogP contribution in [-0.2, 0) is 15.1 Å². The normalized spacial score (nSPS) is 22.7. The summed E-state index contributed by atoms with van der Waals surface area (Å²) in [4.78, 5) is 30.9. The number of guanidine groups is 1. The Morgan fingerprint density at radius 3 is 2.35 bits per heavy atom. The van der Waals surface area contributed by atoms with Gasteiger partial charge in [0, 0.05) is 12.6 Å². The summed E-state index contributed by atoms with van der Waals surface area (Å²) < 4.78 is 19.7. The average molecular weight is 363 g/mol. The lowest BCUT2D eigenvalue weighted by atomic mass is 9.67. The van der Waals surface area contributed by atoms with Crippen LogP contribution >= 0.6 is 0 Å². The van der Waals surface area contributed by atoms with Crippen molar-refractivity contribution >= 4 is 18.0 Å². The van der Waals surface area contributed by atoms with Crippen molar-refractivity contribution in [2.45, 2.75) is 52.7 Å². The van der Waals surface area contributed by atoms with Crippen molar-refractivity contribution < 1.29 is 18.7 Å². The minimum Gasteiger partial charge on any atom is -0.444 e. The smallest absolute Gasteiger partial charge is 0.414 e. The van der Waals surface area contributed by atoms with Crippen LogP contribution in [0.15, 0.2) is 29.3 Å². The quantitative estimate of drug-likeness (QED) is 0.831. The van der Waals surface area contributed by atoms with Gasteiger partial charge in [0.25, 0.3) is 0 Å². The second-order valence-electron chi connectivity index (χ2n) is 8.10. The number of nitrogens with zero attached hydrogens (tertiary/aromatic N) is 2. The second-order valence-corrected chi connectivity index (χ2v) is 8.10. The molecule has 0 saturated carbocycles. The molecule has 0 aromatic heterocycles. The van der Waals surface area contributed by atoms with Crippen molar-refractivity contribution in [1.82, 2.24) is 10.2 Å². The summed E-state index contributed by atoms with van der Waals surface area (Å²) in [5.74, 6) is -0.723. The largest absolute Gasteiger partial charge is 0.444 e. The molecule has 1 aliphatic heterocycles. The first-order valence-corrected chi connectivity index (χ1v) is 8.42. The first-order valence-electron chi connectivity index (χ1n) is 8.42. The predicted octanol–water partition coefficient (Wildman–Crippen LogP) is 3.42. The van der Waals surface area contributed by atoms with Crippen LogP contribution in [0.4, 0.5) is 9.18 Å². The van der Waals surface area contributed by atoms with E-state index in [0.29, 0.717) is 0 Å². The van der Waals surface area contributed by atoms with Gasteiger partial charge in [0.2, 0.25) is 11.9 Å². The van der Waals surface area contributed by atoms with Gasteiger partial charge >= 0.3 is 6.09 Å². The van der Waals surface area contributed by atoms with E-state index in [1.54, 1.807) is 59.7 Å². The van der Waals surface area contributed by atoms with Gasteiger partial charge in [0.05, 0.1) is 5.41 Å². The first-order chi connectivity index (χ1) is 11.8. The number of nitrogens with one attached hydrogen (secondary N) is 1. The Hall–Kier alpha value is -2.44. The van der Waals surface area contributed by atoms with Crippen LogP contribution in [0.3, 0.4) is 0 Å². The Morgan fingerprint density at radius 1 is 1.23 bits per heavy atom. The fraction of sp³-hybridized carbons (Fsp3) is 0.526. The molecule has 1 atom stereocenters. The molecule has 0 fully saturated rings. The van der Waals surface area contributed by atoms with Crippen molar-refractivity contribution in [1.29, 1.82) is 0 Å². The Bertz CT molecular complexity index is 768. The summed E-state index contributed by atoms with van der Waals surface area (Å²) in [7, 11) is 1.52. The van der Waals surface area contributed by atoms with Crippen LogP contribution < -0.4 is 5.32 Å². The van der Waals surface area contributed by atoms with Crippen LogP contribution in [0.1, 0.15) is 47.1 Å². The summed E-state index contributed by atoms with van der Waals surface area (Å²) in [6.07, 6.45) is -0.730. The van der Waals surface area contributed by atoms with Crippen LogP contribution in [0, 0.1) is 11.2 Å². The van der Waals surface area contributed by atoms with Crippen molar-refractivity contribution in [2.75, 3.05) is 7.05 Å². The number of carbonyl (C=O) groups is 2. The minimum atomic E-state index is -1.20. The van der Waals surface area contributed by atoms with Gasteiger partial charge in [-0.25, -0.2) is 14.2 Å². The zero-order valence-corrected chi connectivity index (χ0v) is 16.3. The number of halogens is 1. The van der Waals surface area contributed by atoms with Crippen LogP contribution in [0.5, 0.6) is 0 Å². The highest BCUT2D eigenvalue weighted by atomic mass is 19.1. The van der Waals surface area contributed by atoms with Crippen LogP contribution in [0.2, 0.25) is 0 Å². The highest BCUT2D eigenvalue weighted by Gasteiger charge is 2.54. The summed E-state index contributed by atoms with van der Waals surface area (Å²) in [6, 6.07) is 6.20. The van der Waals surface area contributed by atoms with E-state index in [4.69, 9.17) is 4.74 Å². The van der Waals surface area contributed by atoms with Gasteiger partial charge in [-0.15, -0.1) is 0 Å². The lowest BCUT2D eigenvalue weighted by Crippen LogP contribution is -2.60. The molecule has 0 unspecified atom stereocenters. The maximum Gasteiger partial charge on any atom is 0.414 e. The molecule has 1 N–H and O–H groups in total. The molecule has 0 radical (unpaired) electrons. The van der Waals surface area contributed by atoms with Crippen molar-refractivity contribution in [3.05, 3.63) is 35.6 Å². The molecule has 7 heteroatoms. The first kappa shape index (κ1) is 19.9. The number of hydrogen-bond donors (Lipinski definition) is 1. The van der Waals surface area contributed by atoms with E-state index in [1.807, 2.05) is 0 Å². The SMILES string of the molecule is CN1C(=O)C(C)(C)[C@@](C)(c2ccccc2F)N=C1NC(=O)OC(C)(C)C. The fourth-order valence-electron chi connectivity index (χ4n) is 2.91. The number of ether oxygens (including phenoxy) is 1. The molecule has 1 heterocycles. The number of carbonyl (C=O) groups excluding carboxylic acids is 2. The molecule has 6 nitrogen and oxygen atoms in total. The van der Waals surface area contributed by atoms with E-state index in [2.05, 4.69) is 10.3 Å². The molecule has 1 aromatic carbocycles. The Kier molecular flexibility index (Phi) is 4.87. The molecule has 0 bridgehead atoms. The number of benzene rings is 1. The van der Waals surface area contributed by atoms with Gasteiger partial charge in [-0.05, 0) is 47.6 Å². The molecule has 0 spiro atoms. The van der Waals surface area contributed by atoms with Gasteiger partial charge in [-0.1, -0.05) is 18.2 Å². The number of alkyl carbamates (subject to hydrolysis) is 1. The molecule has 2 rings (SSSR count). The third-order valence-electron chi connectivity index (χ3n) is 4.71. The Morgan fingerprint density at radius 2 is 1.81 bits per heavy atom. The molecule has 26 heavy (non-hydrogen) atoms. The van der Waals surface area contributed by atoms with Crippen molar-refractivity contribution in [3.8, 4) is 0 Å². The highest BCUT2D eigenvalue weighted by Crippen LogP contribution is 2.47. The molecular formula is C19H26FN3O3. The van der Waals surface area contributed by atoms with Gasteiger partial charge < -0.3 is 4.74 Å². The molecule has 1 aliphatic rings. The maximum atomic E-state index is 14.5. The summed E-state index contributed by atoms with van der Waals surface area (Å²) in [5.41, 5.74) is -2.64. The molecule has 0 saturated heterocycles. The monoisotopic (exact) mass is 363 g/mol. The van der Waals surface area contributed by atoms with E-state index < -0.39 is 28.5 Å². The van der Waals surface area contributed by atoms with Gasteiger partial charge in [0.1, 0.15) is 17.0 Å². The lowest BCUT2D eigenvalue weighted by Gasteiger charge is -2.46. The molecule has 1 aromatic rings. The van der Waals surface area contributed by atoms with Crippen LogP contribution in [0.25, 0.3) is 0 Å². The second kappa shape index (κ2) is 6.37. The molecular weight excluding hydrogens is 337 g/mol. The number of amides is 2. The number of hydrogen-bond acceptors (Lipinski definition) is 4. The third-order valence-corrected chi connectivity index (χ3v) is 4.71. The van der Waals surface area contributed by atoms with Crippen molar-refractivity contribution in [3.63, 3.8) is 0 Å². The Balaban J connectivity index is 2.52. The summed E-state index contributed by atoms with van der Waals surface area (Å²) >= 11 is 0. The lowest BCUT2D eigenvalue weighted by molar-refractivity contribution is -0.140. The molecule has 0 aliphatic carbocycles. The third kappa shape index (κ3) is 3.43. The van der Waals surface area contributed by atoms with E-state index in [-0.39, 0.29) is 17.4 Å². The zero-order chi connectivity index (χ0) is 19.9. The van der Waals surface area contributed by atoms with E-state index in [0.717, 1.165) is 0 Å².